The van der Waals surface area contributed by atoms with Gasteiger partial charge in [0.1, 0.15) is 11.5 Å². The summed E-state index contributed by atoms with van der Waals surface area (Å²) in [5, 5.41) is 11.1. The van der Waals surface area contributed by atoms with E-state index in [0.717, 1.165) is 29.1 Å². The molecule has 0 aromatic heterocycles. The Morgan fingerprint density at radius 3 is 2.19 bits per heavy atom. The lowest BCUT2D eigenvalue weighted by Crippen LogP contribution is -2.46. The Morgan fingerprint density at radius 2 is 1.75 bits per heavy atom. The van der Waals surface area contributed by atoms with Crippen molar-refractivity contribution in [3.8, 4) is 11.5 Å². The van der Waals surface area contributed by atoms with Crippen LogP contribution in [-0.2, 0) is 0 Å². The minimum Gasteiger partial charge on any atom is -0.508 e. The van der Waals surface area contributed by atoms with E-state index in [0.29, 0.717) is 5.75 Å². The molecule has 0 amide bonds. The molecule has 4 heteroatoms. The number of phenolic OH excluding ortho intramolecular Hbond substituents is 1. The fourth-order valence-corrected chi connectivity index (χ4v) is 6.66. The van der Waals surface area contributed by atoms with Gasteiger partial charge in [-0.05, 0) is 12.1 Å². The SMILES string of the molecule is CC[Si](CC)(CC)c1c(O)cccc1OBr. The van der Waals surface area contributed by atoms with Gasteiger partial charge in [-0.15, -0.1) is 0 Å². The summed E-state index contributed by atoms with van der Waals surface area (Å²) >= 11 is 3.03. The van der Waals surface area contributed by atoms with E-state index in [1.54, 1.807) is 6.07 Å². The summed E-state index contributed by atoms with van der Waals surface area (Å²) in [6, 6.07) is 8.86. The van der Waals surface area contributed by atoms with Crippen molar-refractivity contribution in [2.75, 3.05) is 0 Å². The fourth-order valence-electron chi connectivity index (χ4n) is 2.40. The highest BCUT2D eigenvalue weighted by Gasteiger charge is 2.34. The van der Waals surface area contributed by atoms with Crippen LogP contribution in [-0.4, -0.2) is 13.2 Å². The van der Waals surface area contributed by atoms with Crippen molar-refractivity contribution in [3.05, 3.63) is 18.2 Å². The standard InChI is InChI=1S/C12H19BrO2Si/c1-4-16(5-2,6-3)12-10(14)8-7-9-11(12)15-13/h7-9,14H,4-6H2,1-3H3. The van der Waals surface area contributed by atoms with Gasteiger partial charge in [0.25, 0.3) is 0 Å². The van der Waals surface area contributed by atoms with Gasteiger partial charge < -0.3 is 8.93 Å². The van der Waals surface area contributed by atoms with Gasteiger partial charge >= 0.3 is 0 Å². The topological polar surface area (TPSA) is 29.5 Å². The van der Waals surface area contributed by atoms with E-state index in [1.165, 1.54) is 0 Å². The van der Waals surface area contributed by atoms with E-state index in [1.807, 2.05) is 12.1 Å². The Kier molecular flexibility index (Phi) is 4.86. The molecular formula is C12H19BrO2Si. The molecule has 1 aromatic carbocycles. The molecule has 2 nitrogen and oxygen atoms in total. The first-order valence-electron chi connectivity index (χ1n) is 5.76. The number of benzene rings is 1. The lowest BCUT2D eigenvalue weighted by molar-refractivity contribution is 0.477. The van der Waals surface area contributed by atoms with Crippen LogP contribution in [0.25, 0.3) is 0 Å². The normalized spacial score (nSPS) is 11.5. The van der Waals surface area contributed by atoms with Crippen LogP contribution in [0, 0.1) is 0 Å². The number of hydrogen-bond acceptors (Lipinski definition) is 2. The second kappa shape index (κ2) is 5.73. The van der Waals surface area contributed by atoms with Gasteiger partial charge in [0.15, 0.2) is 16.3 Å². The van der Waals surface area contributed by atoms with Gasteiger partial charge in [0.2, 0.25) is 0 Å². The van der Waals surface area contributed by atoms with E-state index in [-0.39, 0.29) is 0 Å². The van der Waals surface area contributed by atoms with Crippen LogP contribution in [0.1, 0.15) is 20.8 Å². The number of rotatable bonds is 5. The third-order valence-electron chi connectivity index (χ3n) is 3.65. The molecule has 0 heterocycles. The molecule has 90 valence electrons. The Balaban J connectivity index is 3.38. The van der Waals surface area contributed by atoms with Crippen LogP contribution in [0.4, 0.5) is 0 Å². The van der Waals surface area contributed by atoms with E-state index in [2.05, 4.69) is 37.0 Å². The van der Waals surface area contributed by atoms with E-state index >= 15 is 0 Å². The van der Waals surface area contributed by atoms with Gasteiger partial charge in [-0.2, -0.15) is 0 Å². The number of halogens is 1. The molecule has 1 rings (SSSR count). The van der Waals surface area contributed by atoms with Crippen molar-refractivity contribution in [3.63, 3.8) is 0 Å². The zero-order valence-electron chi connectivity index (χ0n) is 10.1. The summed E-state index contributed by atoms with van der Waals surface area (Å²) in [7, 11) is -1.61. The van der Waals surface area contributed by atoms with Gasteiger partial charge in [0.05, 0.1) is 8.07 Å². The minimum atomic E-state index is -1.61. The largest absolute Gasteiger partial charge is 0.508 e. The molecule has 0 aliphatic carbocycles. The molecule has 0 atom stereocenters. The van der Waals surface area contributed by atoms with Gasteiger partial charge in [0, 0.05) is 5.19 Å². The zero-order valence-corrected chi connectivity index (χ0v) is 12.7. The summed E-state index contributed by atoms with van der Waals surface area (Å²) in [5.74, 6) is 1.16. The van der Waals surface area contributed by atoms with Crippen molar-refractivity contribution in [2.45, 2.75) is 38.9 Å². The summed E-state index contributed by atoms with van der Waals surface area (Å²) in [6.07, 6.45) is 0. The Labute approximate surface area is 107 Å². The smallest absolute Gasteiger partial charge is 0.179 e. The van der Waals surface area contributed by atoms with Gasteiger partial charge in [-0.1, -0.05) is 45.0 Å². The molecule has 0 saturated heterocycles. The Morgan fingerprint density at radius 1 is 1.19 bits per heavy atom. The lowest BCUT2D eigenvalue weighted by Gasteiger charge is -2.30. The lowest BCUT2D eigenvalue weighted by atomic mass is 10.3. The molecule has 0 saturated carbocycles. The second-order valence-electron chi connectivity index (χ2n) is 4.07. The van der Waals surface area contributed by atoms with Crippen LogP contribution in [0.5, 0.6) is 11.5 Å². The maximum Gasteiger partial charge on any atom is 0.179 e. The van der Waals surface area contributed by atoms with Crippen LogP contribution < -0.4 is 9.02 Å². The third-order valence-corrected chi connectivity index (χ3v) is 9.62. The van der Waals surface area contributed by atoms with Crippen molar-refractivity contribution in [2.24, 2.45) is 0 Å². The second-order valence-corrected chi connectivity index (χ2v) is 9.57. The number of phenols is 1. The Hall–Kier alpha value is -0.483. The van der Waals surface area contributed by atoms with E-state index < -0.39 is 8.07 Å². The Bertz CT molecular complexity index is 343. The number of aromatic hydroxyl groups is 1. The summed E-state index contributed by atoms with van der Waals surface area (Å²) in [6.45, 7) is 6.64. The molecule has 0 unspecified atom stereocenters. The minimum absolute atomic E-state index is 0.383. The van der Waals surface area contributed by atoms with Crippen LogP contribution in [0.2, 0.25) is 18.1 Å². The maximum absolute atomic E-state index is 10.1. The van der Waals surface area contributed by atoms with Crippen molar-refractivity contribution in [1.82, 2.24) is 0 Å². The maximum atomic E-state index is 10.1. The van der Waals surface area contributed by atoms with Gasteiger partial charge in [-0.25, -0.2) is 0 Å². The van der Waals surface area contributed by atoms with Crippen molar-refractivity contribution in [1.29, 1.82) is 0 Å². The van der Waals surface area contributed by atoms with E-state index in [4.69, 9.17) is 3.83 Å². The molecule has 1 N–H and O–H groups in total. The monoisotopic (exact) mass is 302 g/mol. The summed E-state index contributed by atoms with van der Waals surface area (Å²) in [5.41, 5.74) is 0. The predicted octanol–water partition coefficient (Wildman–Crippen LogP) is 3.80. The zero-order chi connectivity index (χ0) is 12.2. The van der Waals surface area contributed by atoms with Gasteiger partial charge in [-0.3, -0.25) is 0 Å². The third kappa shape index (κ3) is 2.27. The number of hydrogen-bond donors (Lipinski definition) is 1. The first-order valence-corrected chi connectivity index (χ1v) is 9.03. The average molecular weight is 303 g/mol. The highest BCUT2D eigenvalue weighted by molar-refractivity contribution is 9.06. The first-order chi connectivity index (χ1) is 7.65. The fraction of sp³-hybridized carbons (Fsp3) is 0.500. The molecule has 0 bridgehead atoms. The quantitative estimate of drug-likeness (QED) is 0.839. The molecule has 0 radical (unpaired) electrons. The molecule has 0 spiro atoms. The van der Waals surface area contributed by atoms with Crippen LogP contribution >= 0.6 is 16.3 Å². The molecular weight excluding hydrogens is 284 g/mol. The van der Waals surface area contributed by atoms with E-state index in [9.17, 15) is 5.11 Å². The highest BCUT2D eigenvalue weighted by atomic mass is 79.9. The molecule has 1 aromatic rings. The van der Waals surface area contributed by atoms with Crippen LogP contribution in [0.15, 0.2) is 18.2 Å². The summed E-state index contributed by atoms with van der Waals surface area (Å²) in [4.78, 5) is 0. The highest BCUT2D eigenvalue weighted by Crippen LogP contribution is 2.29. The van der Waals surface area contributed by atoms with Crippen molar-refractivity contribution >= 4 is 29.5 Å². The predicted molar refractivity (Wildman–Crippen MR) is 74.5 cm³/mol. The molecule has 0 fully saturated rings. The average Bonchev–Trinajstić information content (AvgIpc) is 2.33. The van der Waals surface area contributed by atoms with Crippen molar-refractivity contribution < 1.29 is 8.93 Å². The molecule has 16 heavy (non-hydrogen) atoms. The first kappa shape index (κ1) is 13.6. The molecule has 0 aliphatic heterocycles. The molecule has 0 aliphatic rings. The summed E-state index contributed by atoms with van der Waals surface area (Å²) < 4.78 is 5.22. The van der Waals surface area contributed by atoms with Crippen LogP contribution in [0.3, 0.4) is 0 Å².